The molecule has 0 N–H and O–H groups in total. The predicted octanol–water partition coefficient (Wildman–Crippen LogP) is 5.04. The number of hydrogen-bond donors (Lipinski definition) is 0. The number of nitro groups is 1. The van der Waals surface area contributed by atoms with E-state index in [9.17, 15) is 14.9 Å². The monoisotopic (exact) mass is 506 g/mol. The first-order valence-electron chi connectivity index (χ1n) is 12.6. The Balaban J connectivity index is 1.34. The van der Waals surface area contributed by atoms with Crippen LogP contribution >= 0.6 is 0 Å². The summed E-state index contributed by atoms with van der Waals surface area (Å²) in [6.07, 6.45) is 6.64. The lowest BCUT2D eigenvalue weighted by Crippen LogP contribution is -2.36. The first kappa shape index (κ1) is 23.7. The van der Waals surface area contributed by atoms with Gasteiger partial charge in [0.1, 0.15) is 0 Å². The number of hydrogen-bond acceptors (Lipinski definition) is 5. The summed E-state index contributed by atoms with van der Waals surface area (Å²) >= 11 is 0. The topological polar surface area (TPSA) is 110 Å². The van der Waals surface area contributed by atoms with E-state index in [0.717, 1.165) is 39.6 Å². The third-order valence-corrected chi connectivity index (χ3v) is 7.65. The van der Waals surface area contributed by atoms with E-state index in [0.29, 0.717) is 25.1 Å². The Kier molecular flexibility index (Phi) is 5.42. The lowest BCUT2D eigenvalue weighted by Gasteiger charge is -2.21. The fourth-order valence-electron chi connectivity index (χ4n) is 5.56. The van der Waals surface area contributed by atoms with Gasteiger partial charge in [0.2, 0.25) is 11.4 Å². The van der Waals surface area contributed by atoms with Crippen molar-refractivity contribution in [2.24, 2.45) is 5.92 Å². The van der Waals surface area contributed by atoms with E-state index in [1.807, 2.05) is 42.6 Å². The van der Waals surface area contributed by atoms with Crippen molar-refractivity contribution in [1.82, 2.24) is 14.1 Å². The molecule has 2 aromatic carbocycles. The molecule has 2 aliphatic heterocycles. The number of amides is 1. The second-order valence-electron chi connectivity index (χ2n) is 10.6. The fraction of sp³-hybridized carbons (Fsp3) is 0.276. The number of nitriles is 1. The van der Waals surface area contributed by atoms with Crippen LogP contribution in [-0.4, -0.2) is 37.0 Å². The van der Waals surface area contributed by atoms with Gasteiger partial charge >= 0.3 is 0 Å². The van der Waals surface area contributed by atoms with Crippen LogP contribution in [0.3, 0.4) is 0 Å². The van der Waals surface area contributed by atoms with Gasteiger partial charge in [0.05, 0.1) is 23.0 Å². The third kappa shape index (κ3) is 3.86. The van der Waals surface area contributed by atoms with Gasteiger partial charge in [-0.3, -0.25) is 19.5 Å². The van der Waals surface area contributed by atoms with Gasteiger partial charge in [-0.2, -0.15) is 5.26 Å². The summed E-state index contributed by atoms with van der Waals surface area (Å²) in [6, 6.07) is 17.8. The summed E-state index contributed by atoms with van der Waals surface area (Å²) in [5, 5.41) is 20.5. The number of nitrogens with zero attached hydrogens (tertiary/aromatic N) is 6. The average molecular weight is 507 g/mol. The number of anilines is 1. The third-order valence-electron chi connectivity index (χ3n) is 7.65. The van der Waals surface area contributed by atoms with Crippen molar-refractivity contribution in [2.75, 3.05) is 11.4 Å². The lowest BCUT2D eigenvalue weighted by molar-refractivity contribution is -0.562. The van der Waals surface area contributed by atoms with Crippen molar-refractivity contribution in [3.05, 3.63) is 88.4 Å². The van der Waals surface area contributed by atoms with E-state index in [4.69, 9.17) is 5.26 Å². The smallest absolute Gasteiger partial charge is 0.230 e. The van der Waals surface area contributed by atoms with Crippen molar-refractivity contribution < 1.29 is 9.72 Å². The Morgan fingerprint density at radius 1 is 1.16 bits per heavy atom. The van der Waals surface area contributed by atoms with E-state index in [1.165, 1.54) is 0 Å². The van der Waals surface area contributed by atoms with Crippen molar-refractivity contribution in [3.63, 3.8) is 0 Å². The molecular formula is C29H26N6O3. The van der Waals surface area contributed by atoms with Crippen LogP contribution in [0, 0.1) is 27.4 Å². The molecule has 4 aromatic rings. The molecule has 0 radical (unpaired) electrons. The molecule has 1 amide bonds. The molecule has 1 saturated heterocycles. The van der Waals surface area contributed by atoms with E-state index in [2.05, 4.69) is 38.5 Å². The summed E-state index contributed by atoms with van der Waals surface area (Å²) in [5.74, 6) is 0.415. The molecule has 0 spiro atoms. The van der Waals surface area contributed by atoms with Gasteiger partial charge in [-0.05, 0) is 53.9 Å². The van der Waals surface area contributed by atoms with Crippen LogP contribution < -0.4 is 4.90 Å². The molecule has 1 fully saturated rings. The average Bonchev–Trinajstić information content (AvgIpc) is 3.62. The molecule has 0 saturated carbocycles. The maximum absolute atomic E-state index is 13.3. The number of aromatic nitrogens is 3. The summed E-state index contributed by atoms with van der Waals surface area (Å²) in [6.45, 7) is 4.30. The normalized spacial score (nSPS) is 16.4. The minimum Gasteiger partial charge on any atom is -0.340 e. The number of imidazole rings is 1. The highest BCUT2D eigenvalue weighted by Crippen LogP contribution is 2.37. The molecule has 1 unspecified atom stereocenters. The van der Waals surface area contributed by atoms with E-state index in [1.54, 1.807) is 24.9 Å². The summed E-state index contributed by atoms with van der Waals surface area (Å²) < 4.78 is 4.23. The van der Waals surface area contributed by atoms with Gasteiger partial charge < -0.3 is 9.47 Å². The van der Waals surface area contributed by atoms with Crippen LogP contribution in [-0.2, 0) is 11.3 Å². The zero-order valence-corrected chi connectivity index (χ0v) is 21.2. The Morgan fingerprint density at radius 3 is 2.68 bits per heavy atom. The standard InChI is InChI=1S/C29H26N6O3/c1-29(2,35(37)38)15-21-9-11-33(28(21)36)24-7-8-25-23(13-24)18-32-17-22(20-5-3-19(16-30)4-6-20)14-26(32)27-31-10-12-34(25)27/h3-8,10,12-14,17,21H,9,11,15,18H2,1-2H3. The quantitative estimate of drug-likeness (QED) is 0.245. The predicted molar refractivity (Wildman–Crippen MR) is 142 cm³/mol. The molecule has 2 aliphatic rings. The van der Waals surface area contributed by atoms with Gasteiger partial charge in [0, 0.05) is 74.0 Å². The Hall–Kier alpha value is -4.71. The summed E-state index contributed by atoms with van der Waals surface area (Å²) in [4.78, 5) is 30.8. The largest absolute Gasteiger partial charge is 0.340 e. The molecule has 9 nitrogen and oxygen atoms in total. The van der Waals surface area contributed by atoms with Crippen molar-refractivity contribution in [1.29, 1.82) is 5.26 Å². The zero-order valence-electron chi connectivity index (χ0n) is 21.2. The van der Waals surface area contributed by atoms with Gasteiger partial charge in [0.25, 0.3) is 0 Å². The van der Waals surface area contributed by atoms with Crippen LogP contribution in [0.15, 0.2) is 67.1 Å². The van der Waals surface area contributed by atoms with Crippen molar-refractivity contribution in [3.8, 4) is 34.4 Å². The Labute approximate surface area is 219 Å². The summed E-state index contributed by atoms with van der Waals surface area (Å²) in [5.41, 5.74) is 5.36. The van der Waals surface area contributed by atoms with Crippen LogP contribution in [0.1, 0.15) is 37.8 Å². The van der Waals surface area contributed by atoms with Crippen molar-refractivity contribution in [2.45, 2.75) is 38.8 Å². The van der Waals surface area contributed by atoms with E-state index < -0.39 is 5.54 Å². The SMILES string of the molecule is CC(C)(CC1CCN(c2ccc3c(c2)Cn2cc(-c4ccc(C#N)cc4)cc2-c2nccn2-3)C1=O)[N+](=O)[O-]. The molecule has 9 heteroatoms. The van der Waals surface area contributed by atoms with Crippen LogP contribution in [0.4, 0.5) is 5.69 Å². The van der Waals surface area contributed by atoms with Gasteiger partial charge in [-0.25, -0.2) is 4.98 Å². The van der Waals surface area contributed by atoms with Gasteiger partial charge in [-0.15, -0.1) is 0 Å². The number of rotatable bonds is 5. The minimum absolute atomic E-state index is 0.0541. The fourth-order valence-corrected chi connectivity index (χ4v) is 5.56. The first-order valence-corrected chi connectivity index (χ1v) is 12.6. The van der Waals surface area contributed by atoms with E-state index >= 15 is 0 Å². The highest BCUT2D eigenvalue weighted by Gasteiger charge is 2.41. The molecular weight excluding hydrogens is 480 g/mol. The zero-order chi connectivity index (χ0) is 26.6. The highest BCUT2D eigenvalue weighted by atomic mass is 16.6. The van der Waals surface area contributed by atoms with Crippen molar-refractivity contribution >= 4 is 11.6 Å². The number of fused-ring (bicyclic) bond motifs is 5. The molecule has 2 aromatic heterocycles. The summed E-state index contributed by atoms with van der Waals surface area (Å²) in [7, 11) is 0. The second kappa shape index (κ2) is 8.70. The maximum Gasteiger partial charge on any atom is 0.230 e. The highest BCUT2D eigenvalue weighted by molar-refractivity contribution is 5.97. The number of carbonyl (C=O) groups is 1. The minimum atomic E-state index is -1.14. The molecule has 4 heterocycles. The molecule has 1 atom stereocenters. The van der Waals surface area contributed by atoms with E-state index in [-0.39, 0.29) is 23.2 Å². The number of carbonyl (C=O) groups excluding carboxylic acids is 1. The second-order valence-corrected chi connectivity index (χ2v) is 10.6. The lowest BCUT2D eigenvalue weighted by atomic mass is 9.90. The molecule has 0 bridgehead atoms. The van der Waals surface area contributed by atoms with Crippen LogP contribution in [0.5, 0.6) is 0 Å². The molecule has 0 aliphatic carbocycles. The van der Waals surface area contributed by atoms with Crippen LogP contribution in [0.25, 0.3) is 28.3 Å². The first-order chi connectivity index (χ1) is 18.2. The molecule has 6 rings (SSSR count). The van der Waals surface area contributed by atoms with Gasteiger partial charge in [-0.1, -0.05) is 12.1 Å². The Bertz CT molecular complexity index is 1620. The maximum atomic E-state index is 13.3. The molecule has 38 heavy (non-hydrogen) atoms. The van der Waals surface area contributed by atoms with Crippen LogP contribution in [0.2, 0.25) is 0 Å². The van der Waals surface area contributed by atoms with Gasteiger partial charge in [0.15, 0.2) is 5.82 Å². The number of benzene rings is 2. The Morgan fingerprint density at radius 2 is 1.95 bits per heavy atom. The molecule has 190 valence electrons.